The molecule has 1 aliphatic rings. The van der Waals surface area contributed by atoms with E-state index in [1.165, 1.54) is 62.1 Å². The summed E-state index contributed by atoms with van der Waals surface area (Å²) in [4.78, 5) is 0. The first-order chi connectivity index (χ1) is 10.3. The molecule has 1 fully saturated rings. The van der Waals surface area contributed by atoms with Crippen molar-refractivity contribution >= 4 is 10.8 Å². The van der Waals surface area contributed by atoms with Gasteiger partial charge in [-0.15, -0.1) is 0 Å². The number of hydrogen-bond donors (Lipinski definition) is 0. The third kappa shape index (κ3) is 3.23. The molecule has 0 unspecified atom stereocenters. The molecule has 0 heterocycles. The van der Waals surface area contributed by atoms with Crippen molar-refractivity contribution < 1.29 is 4.74 Å². The van der Waals surface area contributed by atoms with E-state index in [1.54, 1.807) is 0 Å². The summed E-state index contributed by atoms with van der Waals surface area (Å²) < 4.78 is 6.66. The molecule has 0 radical (unpaired) electrons. The predicted molar refractivity (Wildman–Crippen MR) is 89.9 cm³/mol. The average Bonchev–Trinajstić information content (AvgIpc) is 2.54. The largest absolute Gasteiger partial charge is 0.487 e. The Balaban J connectivity index is 1.90. The molecule has 3 rings (SSSR count). The lowest BCUT2D eigenvalue weighted by Crippen LogP contribution is -2.38. The second-order valence-corrected chi connectivity index (χ2v) is 6.43. The molecule has 112 valence electrons. The SMILES string of the molecule is CCCCC1(Oc2cccc3ccccc23)CCCCC1. The highest BCUT2D eigenvalue weighted by Gasteiger charge is 2.33. The summed E-state index contributed by atoms with van der Waals surface area (Å²) in [6.07, 6.45) is 10.2. The summed E-state index contributed by atoms with van der Waals surface area (Å²) in [5, 5.41) is 2.53. The van der Waals surface area contributed by atoms with Crippen LogP contribution in [0.15, 0.2) is 42.5 Å². The highest BCUT2D eigenvalue weighted by atomic mass is 16.5. The minimum atomic E-state index is 0.0817. The maximum absolute atomic E-state index is 6.66. The molecular formula is C20H26O. The van der Waals surface area contributed by atoms with Crippen LogP contribution in [0.5, 0.6) is 5.75 Å². The lowest BCUT2D eigenvalue weighted by Gasteiger charge is -2.38. The maximum atomic E-state index is 6.66. The van der Waals surface area contributed by atoms with Crippen molar-refractivity contribution in [2.24, 2.45) is 0 Å². The van der Waals surface area contributed by atoms with E-state index in [-0.39, 0.29) is 5.60 Å². The standard InChI is InChI=1S/C20H26O/c1-2-3-14-20(15-7-4-8-16-20)21-19-13-9-11-17-10-5-6-12-18(17)19/h5-6,9-13H,2-4,7-8,14-16H2,1H3. The maximum Gasteiger partial charge on any atom is 0.127 e. The molecule has 2 aromatic rings. The van der Waals surface area contributed by atoms with Crippen LogP contribution >= 0.6 is 0 Å². The molecular weight excluding hydrogens is 256 g/mol. The van der Waals surface area contributed by atoms with Crippen molar-refractivity contribution in [1.82, 2.24) is 0 Å². The van der Waals surface area contributed by atoms with E-state index < -0.39 is 0 Å². The van der Waals surface area contributed by atoms with Crippen molar-refractivity contribution in [3.05, 3.63) is 42.5 Å². The van der Waals surface area contributed by atoms with Gasteiger partial charge in [-0.25, -0.2) is 0 Å². The molecule has 0 amide bonds. The van der Waals surface area contributed by atoms with Gasteiger partial charge in [0.2, 0.25) is 0 Å². The predicted octanol–water partition coefficient (Wildman–Crippen LogP) is 6.11. The lowest BCUT2D eigenvalue weighted by molar-refractivity contribution is 0.0214. The first kappa shape index (κ1) is 14.4. The van der Waals surface area contributed by atoms with E-state index in [2.05, 4.69) is 49.4 Å². The second kappa shape index (κ2) is 6.51. The Kier molecular flexibility index (Phi) is 4.48. The summed E-state index contributed by atoms with van der Waals surface area (Å²) in [6, 6.07) is 15.0. The van der Waals surface area contributed by atoms with Crippen molar-refractivity contribution in [1.29, 1.82) is 0 Å². The van der Waals surface area contributed by atoms with E-state index in [4.69, 9.17) is 4.74 Å². The lowest BCUT2D eigenvalue weighted by atomic mass is 9.81. The molecule has 0 aliphatic heterocycles. The van der Waals surface area contributed by atoms with Crippen molar-refractivity contribution in [2.75, 3.05) is 0 Å². The van der Waals surface area contributed by atoms with Gasteiger partial charge in [-0.2, -0.15) is 0 Å². The van der Waals surface area contributed by atoms with E-state index in [0.29, 0.717) is 0 Å². The number of ether oxygens (including phenoxy) is 1. The molecule has 21 heavy (non-hydrogen) atoms. The molecule has 0 N–H and O–H groups in total. The Morgan fingerprint density at radius 1 is 0.952 bits per heavy atom. The molecule has 1 heteroatoms. The molecule has 2 aromatic carbocycles. The molecule has 0 bridgehead atoms. The summed E-state index contributed by atoms with van der Waals surface area (Å²) in [7, 11) is 0. The molecule has 1 aliphatic carbocycles. The van der Waals surface area contributed by atoms with Crippen LogP contribution in [0.4, 0.5) is 0 Å². The highest BCUT2D eigenvalue weighted by Crippen LogP contribution is 2.39. The molecule has 1 saturated carbocycles. The van der Waals surface area contributed by atoms with Crippen LogP contribution < -0.4 is 4.74 Å². The Morgan fingerprint density at radius 2 is 1.71 bits per heavy atom. The first-order valence-electron chi connectivity index (χ1n) is 8.50. The zero-order chi connectivity index (χ0) is 14.5. The summed E-state index contributed by atoms with van der Waals surface area (Å²) >= 11 is 0. The van der Waals surface area contributed by atoms with Crippen LogP contribution in [-0.2, 0) is 0 Å². The quantitative estimate of drug-likeness (QED) is 0.642. The number of hydrogen-bond acceptors (Lipinski definition) is 1. The third-order valence-electron chi connectivity index (χ3n) is 4.83. The fourth-order valence-electron chi connectivity index (χ4n) is 3.62. The second-order valence-electron chi connectivity index (χ2n) is 6.43. The number of rotatable bonds is 5. The van der Waals surface area contributed by atoms with Crippen LogP contribution in [0.25, 0.3) is 10.8 Å². The van der Waals surface area contributed by atoms with Gasteiger partial charge in [-0.05, 0) is 50.0 Å². The van der Waals surface area contributed by atoms with Gasteiger partial charge in [0, 0.05) is 5.39 Å². The van der Waals surface area contributed by atoms with Gasteiger partial charge in [0.05, 0.1) is 0 Å². The Hall–Kier alpha value is -1.50. The normalized spacial score (nSPS) is 17.8. The van der Waals surface area contributed by atoms with Crippen molar-refractivity contribution in [3.8, 4) is 5.75 Å². The number of benzene rings is 2. The topological polar surface area (TPSA) is 9.23 Å². The van der Waals surface area contributed by atoms with Gasteiger partial charge in [0.15, 0.2) is 0 Å². The highest BCUT2D eigenvalue weighted by molar-refractivity contribution is 5.88. The van der Waals surface area contributed by atoms with E-state index in [9.17, 15) is 0 Å². The van der Waals surface area contributed by atoms with Gasteiger partial charge in [-0.3, -0.25) is 0 Å². The zero-order valence-corrected chi connectivity index (χ0v) is 13.1. The van der Waals surface area contributed by atoms with Crippen LogP contribution in [0.3, 0.4) is 0 Å². The molecule has 0 atom stereocenters. The molecule has 0 spiro atoms. The van der Waals surface area contributed by atoms with Crippen molar-refractivity contribution in [3.63, 3.8) is 0 Å². The van der Waals surface area contributed by atoms with Gasteiger partial charge in [-0.1, -0.05) is 56.2 Å². The van der Waals surface area contributed by atoms with Crippen LogP contribution in [0.2, 0.25) is 0 Å². The van der Waals surface area contributed by atoms with E-state index in [0.717, 1.165) is 5.75 Å². The smallest absolute Gasteiger partial charge is 0.127 e. The zero-order valence-electron chi connectivity index (χ0n) is 13.1. The Morgan fingerprint density at radius 3 is 2.52 bits per heavy atom. The van der Waals surface area contributed by atoms with Gasteiger partial charge < -0.3 is 4.74 Å². The Labute approximate surface area is 128 Å². The van der Waals surface area contributed by atoms with Crippen LogP contribution in [0.1, 0.15) is 58.3 Å². The Bertz CT molecular complexity index is 576. The molecule has 0 aromatic heterocycles. The summed E-state index contributed by atoms with van der Waals surface area (Å²) in [5.74, 6) is 1.08. The summed E-state index contributed by atoms with van der Waals surface area (Å²) in [5.41, 5.74) is 0.0817. The molecule has 1 nitrogen and oxygen atoms in total. The third-order valence-corrected chi connectivity index (χ3v) is 4.83. The minimum absolute atomic E-state index is 0.0817. The average molecular weight is 282 g/mol. The monoisotopic (exact) mass is 282 g/mol. The fraction of sp³-hybridized carbons (Fsp3) is 0.500. The van der Waals surface area contributed by atoms with Crippen LogP contribution in [-0.4, -0.2) is 5.60 Å². The van der Waals surface area contributed by atoms with Gasteiger partial charge in [0.25, 0.3) is 0 Å². The summed E-state index contributed by atoms with van der Waals surface area (Å²) in [6.45, 7) is 2.27. The molecule has 0 saturated heterocycles. The van der Waals surface area contributed by atoms with Crippen molar-refractivity contribution in [2.45, 2.75) is 63.9 Å². The fourth-order valence-corrected chi connectivity index (χ4v) is 3.62. The first-order valence-corrected chi connectivity index (χ1v) is 8.50. The number of unbranched alkanes of at least 4 members (excludes halogenated alkanes) is 1. The van der Waals surface area contributed by atoms with E-state index >= 15 is 0 Å². The van der Waals surface area contributed by atoms with E-state index in [1.807, 2.05) is 0 Å². The van der Waals surface area contributed by atoms with Gasteiger partial charge in [0.1, 0.15) is 11.4 Å². The minimum Gasteiger partial charge on any atom is -0.487 e. The van der Waals surface area contributed by atoms with Gasteiger partial charge >= 0.3 is 0 Å². The van der Waals surface area contributed by atoms with Crippen LogP contribution in [0, 0.1) is 0 Å². The number of fused-ring (bicyclic) bond motifs is 1.